The highest BCUT2D eigenvalue weighted by molar-refractivity contribution is 9.10. The number of carbonyl (C=O) groups is 2. The smallest absolute Gasteiger partial charge is 0.272 e. The Hall–Kier alpha value is -2.91. The number of carbonyl (C=O) groups excluding carboxylic acids is 2. The number of rotatable bonds is 6. The topological polar surface area (TPSA) is 97.3 Å². The van der Waals surface area contributed by atoms with E-state index in [0.717, 1.165) is 4.47 Å². The lowest BCUT2D eigenvalue weighted by atomic mass is 10.2. The van der Waals surface area contributed by atoms with Crippen LogP contribution in [-0.2, 0) is 17.1 Å². The monoisotopic (exact) mass is 489 g/mol. The number of benzene rings is 2. The molecule has 2 aromatic carbocycles. The van der Waals surface area contributed by atoms with Crippen molar-refractivity contribution in [1.29, 1.82) is 0 Å². The second-order valence-corrected chi connectivity index (χ2v) is 9.39. The lowest BCUT2D eigenvalue weighted by molar-refractivity contribution is 0.101. The summed E-state index contributed by atoms with van der Waals surface area (Å²) in [7, 11) is -2.20. The number of sulfonamides is 1. The Morgan fingerprint density at radius 3 is 2.23 bits per heavy atom. The lowest BCUT2D eigenvalue weighted by Crippen LogP contribution is -2.17. The molecule has 0 aliphatic rings. The molecule has 1 heterocycles. The zero-order valence-corrected chi connectivity index (χ0v) is 19.0. The molecular weight excluding hydrogens is 470 g/mol. The molecule has 9 heteroatoms. The zero-order chi connectivity index (χ0) is 22.1. The normalized spacial score (nSPS) is 11.2. The average molecular weight is 490 g/mol. The Bertz CT molecular complexity index is 1230. The first-order valence-electron chi connectivity index (χ1n) is 8.94. The quantitative estimate of drug-likeness (QED) is 0.502. The molecule has 3 rings (SSSR count). The number of aromatic nitrogens is 1. The van der Waals surface area contributed by atoms with E-state index in [1.165, 1.54) is 19.1 Å². The number of anilines is 2. The van der Waals surface area contributed by atoms with E-state index in [9.17, 15) is 18.0 Å². The maximum atomic E-state index is 12.9. The van der Waals surface area contributed by atoms with Gasteiger partial charge in [0.25, 0.3) is 15.9 Å². The molecule has 0 spiro atoms. The minimum absolute atomic E-state index is 0.0551. The summed E-state index contributed by atoms with van der Waals surface area (Å²) in [6.45, 7) is 3.10. The van der Waals surface area contributed by atoms with Gasteiger partial charge in [0.2, 0.25) is 0 Å². The number of halogens is 1. The predicted molar refractivity (Wildman–Crippen MR) is 120 cm³/mol. The molecule has 1 aromatic heterocycles. The predicted octanol–water partition coefficient (Wildman–Crippen LogP) is 4.35. The first-order valence-corrected chi connectivity index (χ1v) is 11.2. The van der Waals surface area contributed by atoms with Gasteiger partial charge in [-0.3, -0.25) is 14.3 Å². The number of hydrogen-bond donors (Lipinski definition) is 2. The van der Waals surface area contributed by atoms with Crippen molar-refractivity contribution in [3.05, 3.63) is 76.0 Å². The summed E-state index contributed by atoms with van der Waals surface area (Å²) in [6, 6.07) is 12.9. The number of nitrogens with zero attached hydrogens (tertiary/aromatic N) is 1. The van der Waals surface area contributed by atoms with Gasteiger partial charge in [-0.2, -0.15) is 0 Å². The van der Waals surface area contributed by atoms with Gasteiger partial charge in [0, 0.05) is 34.7 Å². The van der Waals surface area contributed by atoms with Gasteiger partial charge in [-0.15, -0.1) is 0 Å². The minimum Gasteiger partial charge on any atom is -0.346 e. The number of ketones is 1. The third-order valence-corrected chi connectivity index (χ3v) is 6.53. The third kappa shape index (κ3) is 4.80. The van der Waals surface area contributed by atoms with E-state index < -0.39 is 15.9 Å². The maximum absolute atomic E-state index is 12.9. The molecule has 7 nitrogen and oxygen atoms in total. The Morgan fingerprint density at radius 1 is 1.00 bits per heavy atom. The van der Waals surface area contributed by atoms with E-state index in [-0.39, 0.29) is 16.4 Å². The SMILES string of the molecule is CC(=O)c1cc(C(=O)Nc2ccc(C)c(S(=O)(=O)Nc3ccc(Br)cc3)c2)n(C)c1. The van der Waals surface area contributed by atoms with Crippen molar-refractivity contribution in [1.82, 2.24) is 4.57 Å². The molecule has 3 aromatic rings. The summed E-state index contributed by atoms with van der Waals surface area (Å²) in [5, 5.41) is 2.69. The fraction of sp³-hybridized carbons (Fsp3) is 0.143. The second kappa shape index (κ2) is 8.45. The van der Waals surface area contributed by atoms with E-state index in [1.807, 2.05) is 0 Å². The van der Waals surface area contributed by atoms with Crippen LogP contribution in [0.4, 0.5) is 11.4 Å². The number of hydrogen-bond acceptors (Lipinski definition) is 4. The summed E-state index contributed by atoms with van der Waals surface area (Å²) in [5.74, 6) is -0.592. The highest BCUT2D eigenvalue weighted by atomic mass is 79.9. The highest BCUT2D eigenvalue weighted by Crippen LogP contribution is 2.24. The molecule has 0 radical (unpaired) electrons. The summed E-state index contributed by atoms with van der Waals surface area (Å²) < 4.78 is 30.7. The van der Waals surface area contributed by atoms with Gasteiger partial charge in [0.15, 0.2) is 5.78 Å². The van der Waals surface area contributed by atoms with Crippen molar-refractivity contribution in [2.24, 2.45) is 7.05 Å². The van der Waals surface area contributed by atoms with Crippen LogP contribution >= 0.6 is 15.9 Å². The van der Waals surface area contributed by atoms with Crippen molar-refractivity contribution < 1.29 is 18.0 Å². The van der Waals surface area contributed by atoms with Crippen molar-refractivity contribution in [3.8, 4) is 0 Å². The molecule has 0 fully saturated rings. The van der Waals surface area contributed by atoms with Gasteiger partial charge in [-0.25, -0.2) is 8.42 Å². The van der Waals surface area contributed by atoms with E-state index in [4.69, 9.17) is 0 Å². The second-order valence-electron chi connectivity index (χ2n) is 6.83. The molecule has 0 atom stereocenters. The standard InChI is InChI=1S/C21H20BrN3O4S/c1-13-4-7-18(23-21(27)19-10-15(14(2)26)12-25(19)3)11-20(13)30(28,29)24-17-8-5-16(22)6-9-17/h4-12,24H,1-3H3,(H,23,27). The Labute approximate surface area is 183 Å². The summed E-state index contributed by atoms with van der Waals surface area (Å²) in [4.78, 5) is 24.2. The Kier molecular flexibility index (Phi) is 6.14. The fourth-order valence-corrected chi connectivity index (χ4v) is 4.47. The van der Waals surface area contributed by atoms with Crippen LogP contribution in [0.1, 0.15) is 33.3 Å². The van der Waals surface area contributed by atoms with Gasteiger partial charge in [0.05, 0.1) is 4.90 Å². The summed E-state index contributed by atoms with van der Waals surface area (Å²) in [5.41, 5.74) is 2.00. The van der Waals surface area contributed by atoms with Crippen LogP contribution in [0.3, 0.4) is 0 Å². The molecule has 0 saturated heterocycles. The van der Waals surface area contributed by atoms with Crippen LogP contribution in [0, 0.1) is 6.92 Å². The highest BCUT2D eigenvalue weighted by Gasteiger charge is 2.19. The molecule has 2 N–H and O–H groups in total. The van der Waals surface area contributed by atoms with E-state index in [2.05, 4.69) is 26.0 Å². The molecule has 1 amide bonds. The van der Waals surface area contributed by atoms with Gasteiger partial charge >= 0.3 is 0 Å². The van der Waals surface area contributed by atoms with Crippen LogP contribution in [0.25, 0.3) is 0 Å². The number of nitrogens with one attached hydrogen (secondary N) is 2. The fourth-order valence-electron chi connectivity index (χ4n) is 2.87. The molecule has 0 saturated carbocycles. The van der Waals surface area contributed by atoms with Gasteiger partial charge < -0.3 is 9.88 Å². The van der Waals surface area contributed by atoms with Crippen molar-refractivity contribution in [2.75, 3.05) is 10.0 Å². The van der Waals surface area contributed by atoms with Crippen molar-refractivity contribution >= 4 is 49.0 Å². The Balaban J connectivity index is 1.86. The number of Topliss-reactive ketones (excluding diaryl/α,β-unsaturated/α-hetero) is 1. The molecule has 0 aliphatic heterocycles. The largest absolute Gasteiger partial charge is 0.346 e. The van der Waals surface area contributed by atoms with Crippen LogP contribution in [-0.4, -0.2) is 24.7 Å². The molecule has 0 aliphatic carbocycles. The molecule has 0 unspecified atom stereocenters. The van der Waals surface area contributed by atoms with Crippen LogP contribution < -0.4 is 10.0 Å². The summed E-state index contributed by atoms with van der Waals surface area (Å²) in [6.07, 6.45) is 1.57. The summed E-state index contributed by atoms with van der Waals surface area (Å²) >= 11 is 3.31. The maximum Gasteiger partial charge on any atom is 0.272 e. The van der Waals surface area contributed by atoms with Crippen molar-refractivity contribution in [2.45, 2.75) is 18.7 Å². The van der Waals surface area contributed by atoms with Gasteiger partial charge in [-0.05, 0) is 61.9 Å². The molecule has 30 heavy (non-hydrogen) atoms. The Morgan fingerprint density at radius 2 is 1.63 bits per heavy atom. The number of aryl methyl sites for hydroxylation is 2. The van der Waals surface area contributed by atoms with Crippen molar-refractivity contribution in [3.63, 3.8) is 0 Å². The van der Waals surface area contributed by atoms with E-state index >= 15 is 0 Å². The van der Waals surface area contributed by atoms with E-state index in [1.54, 1.807) is 61.1 Å². The van der Waals surface area contributed by atoms with Crippen LogP contribution in [0.2, 0.25) is 0 Å². The molecular formula is C21H20BrN3O4S. The third-order valence-electron chi connectivity index (χ3n) is 4.48. The number of amides is 1. The van der Waals surface area contributed by atoms with Gasteiger partial charge in [-0.1, -0.05) is 22.0 Å². The zero-order valence-electron chi connectivity index (χ0n) is 16.6. The lowest BCUT2D eigenvalue weighted by Gasteiger charge is -2.13. The average Bonchev–Trinajstić information content (AvgIpc) is 3.07. The van der Waals surface area contributed by atoms with Crippen LogP contribution in [0.5, 0.6) is 0 Å². The molecule has 0 bridgehead atoms. The first kappa shape index (κ1) is 21.8. The molecule has 156 valence electrons. The first-order chi connectivity index (χ1) is 14.1. The van der Waals surface area contributed by atoms with Gasteiger partial charge in [0.1, 0.15) is 5.69 Å². The van der Waals surface area contributed by atoms with E-state index in [0.29, 0.717) is 22.5 Å². The minimum atomic E-state index is -3.86. The van der Waals surface area contributed by atoms with Crippen LogP contribution in [0.15, 0.2) is 64.1 Å².